The van der Waals surface area contributed by atoms with Gasteiger partial charge in [-0.2, -0.15) is 0 Å². The van der Waals surface area contributed by atoms with Crippen molar-refractivity contribution in [2.75, 3.05) is 26.2 Å². The average Bonchev–Trinajstić information content (AvgIpc) is 2.99. The molecule has 0 aliphatic carbocycles. The summed E-state index contributed by atoms with van der Waals surface area (Å²) in [5.41, 5.74) is 21.2. The van der Waals surface area contributed by atoms with E-state index < -0.39 is 24.0 Å². The highest BCUT2D eigenvalue weighted by Gasteiger charge is 2.28. The van der Waals surface area contributed by atoms with Gasteiger partial charge < -0.3 is 32.7 Å². The number of carbonyl (C=O) groups excluding carboxylic acids is 3. The Kier molecular flexibility index (Phi) is 12.4. The van der Waals surface area contributed by atoms with Crippen molar-refractivity contribution in [3.8, 4) is 0 Å². The molecule has 0 bridgehead atoms. The molecule has 3 rings (SSSR count). The van der Waals surface area contributed by atoms with Crippen LogP contribution in [0.5, 0.6) is 0 Å². The highest BCUT2D eigenvalue weighted by Crippen LogP contribution is 2.22. The van der Waals surface area contributed by atoms with Crippen LogP contribution >= 0.6 is 0 Å². The molecule has 41 heavy (non-hydrogen) atoms. The fraction of sp³-hybridized carbons (Fsp3) is 0.355. The van der Waals surface area contributed by atoms with Crippen LogP contribution < -0.4 is 27.8 Å². The second kappa shape index (κ2) is 16.2. The van der Waals surface area contributed by atoms with Gasteiger partial charge in [0.05, 0.1) is 18.5 Å². The quantitative estimate of drug-likeness (QED) is 0.186. The highest BCUT2D eigenvalue weighted by atomic mass is 16.2. The Hall–Kier alpha value is -4.12. The van der Waals surface area contributed by atoms with Crippen molar-refractivity contribution in [3.63, 3.8) is 0 Å². The predicted octanol–water partition coefficient (Wildman–Crippen LogP) is 1.18. The van der Waals surface area contributed by atoms with E-state index >= 15 is 0 Å². The number of rotatable bonds is 15. The molecule has 1 aromatic heterocycles. The van der Waals surface area contributed by atoms with Gasteiger partial charge in [-0.1, -0.05) is 66.2 Å². The Balaban J connectivity index is 1.79. The number of carbonyl (C=O) groups is 3. The number of pyridine rings is 1. The second-order valence-corrected chi connectivity index (χ2v) is 9.99. The van der Waals surface area contributed by atoms with E-state index in [1.807, 2.05) is 73.7 Å². The number of hydrogen-bond donors (Lipinski definition) is 5. The first-order valence-corrected chi connectivity index (χ1v) is 13.9. The fourth-order valence-corrected chi connectivity index (χ4v) is 4.49. The third-order valence-corrected chi connectivity index (χ3v) is 6.79. The standard InChI is InChI=1S/C31H41N7O3/c1-22-9-12-24(13-10-22)29(25-8-5-17-35-21-25)37-31(41)27(14-11-23-6-3-2-4-7-23)36-30(40)26(34)20-28(39)38(18-15-32)19-16-33/h2-10,12-13,17,21,26-27,29H,11,14-16,18-20,32-34H2,1H3,(H,36,40)(H,37,41)/t26-,27-,29?/m0/s1. The maximum Gasteiger partial charge on any atom is 0.243 e. The summed E-state index contributed by atoms with van der Waals surface area (Å²) in [4.78, 5) is 45.4. The monoisotopic (exact) mass is 559 g/mol. The van der Waals surface area contributed by atoms with Gasteiger partial charge in [-0.25, -0.2) is 0 Å². The maximum atomic E-state index is 13.8. The number of hydrogen-bond acceptors (Lipinski definition) is 7. The van der Waals surface area contributed by atoms with Gasteiger partial charge in [-0.15, -0.1) is 0 Å². The lowest BCUT2D eigenvalue weighted by Gasteiger charge is -2.26. The first kappa shape index (κ1) is 31.4. The molecule has 1 unspecified atom stereocenters. The van der Waals surface area contributed by atoms with Gasteiger partial charge in [0.1, 0.15) is 6.04 Å². The number of benzene rings is 2. The normalized spacial score (nSPS) is 13.1. The first-order valence-electron chi connectivity index (χ1n) is 13.9. The van der Waals surface area contributed by atoms with Crippen LogP contribution in [-0.2, 0) is 20.8 Å². The summed E-state index contributed by atoms with van der Waals surface area (Å²) in [5.74, 6) is -1.26. The van der Waals surface area contributed by atoms with E-state index in [1.54, 1.807) is 12.4 Å². The van der Waals surface area contributed by atoms with Gasteiger partial charge in [-0.3, -0.25) is 19.4 Å². The lowest BCUT2D eigenvalue weighted by molar-refractivity contribution is -0.135. The molecule has 8 N–H and O–H groups in total. The molecule has 10 heteroatoms. The molecule has 3 atom stereocenters. The molecule has 0 aliphatic rings. The number of nitrogens with one attached hydrogen (secondary N) is 2. The van der Waals surface area contributed by atoms with E-state index in [0.29, 0.717) is 25.9 Å². The average molecular weight is 560 g/mol. The van der Waals surface area contributed by atoms with Crippen molar-refractivity contribution < 1.29 is 14.4 Å². The van der Waals surface area contributed by atoms with E-state index in [1.165, 1.54) is 4.90 Å². The Bertz CT molecular complexity index is 1230. The van der Waals surface area contributed by atoms with Crippen molar-refractivity contribution >= 4 is 17.7 Å². The number of nitrogens with two attached hydrogens (primary N) is 3. The lowest BCUT2D eigenvalue weighted by atomic mass is 9.97. The van der Waals surface area contributed by atoms with Crippen molar-refractivity contribution in [2.24, 2.45) is 17.2 Å². The van der Waals surface area contributed by atoms with Crippen LogP contribution in [-0.4, -0.2) is 65.9 Å². The van der Waals surface area contributed by atoms with Crippen LogP contribution in [0.25, 0.3) is 0 Å². The van der Waals surface area contributed by atoms with E-state index in [-0.39, 0.29) is 31.3 Å². The second-order valence-electron chi connectivity index (χ2n) is 9.99. The number of amides is 3. The minimum Gasteiger partial charge on any atom is -0.343 e. The van der Waals surface area contributed by atoms with Crippen molar-refractivity contribution in [3.05, 3.63) is 101 Å². The fourth-order valence-electron chi connectivity index (χ4n) is 4.49. The first-order chi connectivity index (χ1) is 19.8. The van der Waals surface area contributed by atoms with Gasteiger partial charge >= 0.3 is 0 Å². The molecule has 218 valence electrons. The number of nitrogens with zero attached hydrogens (tertiary/aromatic N) is 2. The van der Waals surface area contributed by atoms with Gasteiger partial charge in [0, 0.05) is 38.6 Å². The summed E-state index contributed by atoms with van der Waals surface area (Å²) >= 11 is 0. The summed E-state index contributed by atoms with van der Waals surface area (Å²) in [6, 6.07) is 18.8. The lowest BCUT2D eigenvalue weighted by Crippen LogP contribution is -2.53. The minimum atomic E-state index is -1.14. The molecule has 3 aromatic rings. The van der Waals surface area contributed by atoms with Crippen LogP contribution in [0.15, 0.2) is 79.1 Å². The minimum absolute atomic E-state index is 0.222. The topological polar surface area (TPSA) is 169 Å². The van der Waals surface area contributed by atoms with Crippen LogP contribution in [0, 0.1) is 6.92 Å². The SMILES string of the molecule is Cc1ccc(C(NC(=O)[C@H](CCc2ccccc2)NC(=O)[C@@H](N)CC(=O)N(CCN)CCN)c2cccnc2)cc1. The summed E-state index contributed by atoms with van der Waals surface area (Å²) in [7, 11) is 0. The van der Waals surface area contributed by atoms with Gasteiger partial charge in [0.25, 0.3) is 0 Å². The van der Waals surface area contributed by atoms with Crippen LogP contribution in [0.4, 0.5) is 0 Å². The van der Waals surface area contributed by atoms with Gasteiger partial charge in [0.15, 0.2) is 0 Å². The summed E-state index contributed by atoms with van der Waals surface area (Å²) in [6.45, 7) is 3.18. The Morgan fingerprint density at radius 1 is 0.854 bits per heavy atom. The number of aryl methyl sites for hydroxylation is 2. The zero-order valence-electron chi connectivity index (χ0n) is 23.5. The maximum absolute atomic E-state index is 13.8. The van der Waals surface area contributed by atoms with Gasteiger partial charge in [0.2, 0.25) is 17.7 Å². The molecule has 0 aliphatic heterocycles. The number of aromatic nitrogens is 1. The van der Waals surface area contributed by atoms with E-state index in [0.717, 1.165) is 22.3 Å². The van der Waals surface area contributed by atoms with Crippen LogP contribution in [0.1, 0.15) is 41.1 Å². The summed E-state index contributed by atoms with van der Waals surface area (Å²) < 4.78 is 0. The third-order valence-electron chi connectivity index (χ3n) is 6.79. The third kappa shape index (κ3) is 9.78. The highest BCUT2D eigenvalue weighted by molar-refractivity contribution is 5.92. The molecule has 0 saturated carbocycles. The predicted molar refractivity (Wildman–Crippen MR) is 159 cm³/mol. The van der Waals surface area contributed by atoms with E-state index in [4.69, 9.17) is 17.2 Å². The van der Waals surface area contributed by atoms with E-state index in [2.05, 4.69) is 15.6 Å². The smallest absolute Gasteiger partial charge is 0.243 e. The zero-order chi connectivity index (χ0) is 29.6. The molecule has 1 heterocycles. The Morgan fingerprint density at radius 2 is 1.54 bits per heavy atom. The van der Waals surface area contributed by atoms with Gasteiger partial charge in [-0.05, 0) is 42.5 Å². The van der Waals surface area contributed by atoms with Crippen molar-refractivity contribution in [1.29, 1.82) is 0 Å². The molecular formula is C31H41N7O3. The molecular weight excluding hydrogens is 518 g/mol. The summed E-state index contributed by atoms with van der Waals surface area (Å²) in [6.07, 6.45) is 4.04. The molecule has 0 radical (unpaired) electrons. The molecule has 2 aromatic carbocycles. The molecule has 0 saturated heterocycles. The Labute approximate surface area is 241 Å². The Morgan fingerprint density at radius 3 is 2.15 bits per heavy atom. The van der Waals surface area contributed by atoms with Crippen molar-refractivity contribution in [1.82, 2.24) is 20.5 Å². The molecule has 0 fully saturated rings. The molecule has 3 amide bonds. The van der Waals surface area contributed by atoms with Crippen LogP contribution in [0.2, 0.25) is 0 Å². The van der Waals surface area contributed by atoms with E-state index in [9.17, 15) is 14.4 Å². The van der Waals surface area contributed by atoms with Crippen molar-refractivity contribution in [2.45, 2.75) is 44.3 Å². The zero-order valence-corrected chi connectivity index (χ0v) is 23.5. The molecule has 0 spiro atoms. The largest absolute Gasteiger partial charge is 0.343 e. The van der Waals surface area contributed by atoms with Crippen LogP contribution in [0.3, 0.4) is 0 Å². The summed E-state index contributed by atoms with van der Waals surface area (Å²) in [5, 5.41) is 5.91. The molecule has 10 nitrogen and oxygen atoms in total.